The highest BCUT2D eigenvalue weighted by Crippen LogP contribution is 2.47. The number of hydrogen-bond donors (Lipinski definition) is 2. The van der Waals surface area contributed by atoms with E-state index in [0.717, 1.165) is 34.9 Å². The molecule has 0 atom stereocenters. The second kappa shape index (κ2) is 11.1. The van der Waals surface area contributed by atoms with Gasteiger partial charge in [-0.1, -0.05) is 6.42 Å². The molecule has 0 radical (unpaired) electrons. The molecule has 0 aromatic carbocycles. The number of nitrogens with one attached hydrogen (secondary N) is 2. The maximum Gasteiger partial charge on any atom is 0.260 e. The van der Waals surface area contributed by atoms with Crippen LogP contribution in [-0.4, -0.2) is 74.4 Å². The van der Waals surface area contributed by atoms with Gasteiger partial charge < -0.3 is 20.3 Å². The van der Waals surface area contributed by atoms with E-state index in [9.17, 15) is 9.59 Å². The Labute approximate surface area is 236 Å². The van der Waals surface area contributed by atoms with Crippen LogP contribution in [-0.2, 0) is 16.1 Å². The number of carbonyl (C=O) groups excluding carboxylic acids is 2. The molecule has 0 bridgehead atoms. The van der Waals surface area contributed by atoms with Crippen molar-refractivity contribution in [3.63, 3.8) is 0 Å². The lowest BCUT2D eigenvalue weighted by Gasteiger charge is -2.38. The van der Waals surface area contributed by atoms with Gasteiger partial charge in [-0.15, -0.1) is 11.3 Å². The van der Waals surface area contributed by atoms with Gasteiger partial charge in [0.1, 0.15) is 4.83 Å². The first-order chi connectivity index (χ1) is 19.4. The van der Waals surface area contributed by atoms with Gasteiger partial charge in [-0.2, -0.15) is 10.2 Å². The number of fused-ring (bicyclic) bond motifs is 1. The van der Waals surface area contributed by atoms with Crippen LogP contribution in [0.1, 0.15) is 48.2 Å². The Balaban J connectivity index is 1.09. The molecule has 1 saturated heterocycles. The van der Waals surface area contributed by atoms with Crippen molar-refractivity contribution in [3.05, 3.63) is 48.3 Å². The molecule has 6 rings (SSSR count). The van der Waals surface area contributed by atoms with E-state index in [1.807, 2.05) is 24.0 Å². The largest absolute Gasteiger partial charge is 0.383 e. The molecule has 1 aliphatic heterocycles. The van der Waals surface area contributed by atoms with E-state index < -0.39 is 0 Å². The Kier molecular flexibility index (Phi) is 7.39. The Morgan fingerprint density at radius 3 is 2.75 bits per heavy atom. The summed E-state index contributed by atoms with van der Waals surface area (Å²) in [5.74, 6) is -0.334. The van der Waals surface area contributed by atoms with Crippen LogP contribution in [0.25, 0.3) is 15.3 Å². The van der Waals surface area contributed by atoms with Crippen LogP contribution >= 0.6 is 11.3 Å². The molecule has 4 aromatic heterocycles. The number of pyridine rings is 1. The predicted molar refractivity (Wildman–Crippen MR) is 154 cm³/mol. The van der Waals surface area contributed by atoms with Crippen molar-refractivity contribution < 1.29 is 14.3 Å². The number of carbonyl (C=O) groups is 2. The standard InChI is InChI=1S/C28H34N8O3S/c1-19-23(12-21(14-29-19)32-25(37)4-8-34-9-7-28(18-34)5-3-6-28)33-26(38)22-15-31-36-17-24(40-27(22)36)20-13-30-35(16-20)10-11-39-2/h12-17H,3-11,18H2,1-2H3,(H,32,37)(H,33,38). The van der Waals surface area contributed by atoms with Crippen molar-refractivity contribution >= 4 is 39.4 Å². The number of amides is 2. The van der Waals surface area contributed by atoms with Crippen molar-refractivity contribution in [1.82, 2.24) is 29.3 Å². The third-order valence-corrected chi connectivity index (χ3v) is 9.25. The summed E-state index contributed by atoms with van der Waals surface area (Å²) in [6, 6.07) is 1.76. The van der Waals surface area contributed by atoms with Gasteiger partial charge in [-0.3, -0.25) is 19.3 Å². The molecule has 11 nitrogen and oxygen atoms in total. The monoisotopic (exact) mass is 562 g/mol. The summed E-state index contributed by atoms with van der Waals surface area (Å²) >= 11 is 1.47. The molecule has 4 aromatic rings. The highest BCUT2D eigenvalue weighted by molar-refractivity contribution is 7.21. The van der Waals surface area contributed by atoms with Crippen LogP contribution in [0.2, 0.25) is 0 Å². The molecule has 1 saturated carbocycles. The van der Waals surface area contributed by atoms with Gasteiger partial charge in [0.2, 0.25) is 5.91 Å². The van der Waals surface area contributed by atoms with Gasteiger partial charge >= 0.3 is 0 Å². The van der Waals surface area contributed by atoms with Crippen LogP contribution in [0.3, 0.4) is 0 Å². The lowest BCUT2D eigenvalue weighted by molar-refractivity contribution is -0.116. The number of methoxy groups -OCH3 is 1. The number of nitrogens with zero attached hydrogens (tertiary/aromatic N) is 6. The molecule has 2 fully saturated rings. The Morgan fingerprint density at radius 2 is 1.98 bits per heavy atom. The summed E-state index contributed by atoms with van der Waals surface area (Å²) in [4.78, 5) is 34.4. The first-order valence-electron chi connectivity index (χ1n) is 13.7. The summed E-state index contributed by atoms with van der Waals surface area (Å²) < 4.78 is 8.65. The summed E-state index contributed by atoms with van der Waals surface area (Å²) in [6.07, 6.45) is 14.5. The van der Waals surface area contributed by atoms with E-state index in [-0.39, 0.29) is 11.8 Å². The number of thiazole rings is 1. The van der Waals surface area contributed by atoms with Crippen LogP contribution in [0.4, 0.5) is 11.4 Å². The molecule has 2 amide bonds. The zero-order valence-electron chi connectivity index (χ0n) is 22.9. The number of rotatable bonds is 10. The zero-order chi connectivity index (χ0) is 27.7. The highest BCUT2D eigenvalue weighted by atomic mass is 32.1. The third kappa shape index (κ3) is 5.51. The number of hydrogen-bond acceptors (Lipinski definition) is 8. The fraction of sp³-hybridized carbons (Fsp3) is 0.464. The van der Waals surface area contributed by atoms with E-state index in [1.165, 1.54) is 37.0 Å². The molecular weight excluding hydrogens is 528 g/mol. The first-order valence-corrected chi connectivity index (χ1v) is 14.5. The second-order valence-corrected chi connectivity index (χ2v) is 11.9. The van der Waals surface area contributed by atoms with Crippen molar-refractivity contribution in [3.8, 4) is 10.4 Å². The molecule has 40 heavy (non-hydrogen) atoms. The minimum atomic E-state index is -0.286. The summed E-state index contributed by atoms with van der Waals surface area (Å²) in [5.41, 5.74) is 3.72. The Morgan fingerprint density at radius 1 is 1.10 bits per heavy atom. The summed E-state index contributed by atoms with van der Waals surface area (Å²) in [7, 11) is 1.66. The Bertz CT molecular complexity index is 1540. The molecule has 210 valence electrons. The number of aromatic nitrogens is 5. The van der Waals surface area contributed by atoms with E-state index in [4.69, 9.17) is 4.74 Å². The van der Waals surface area contributed by atoms with Gasteiger partial charge in [0.05, 0.1) is 59.3 Å². The van der Waals surface area contributed by atoms with E-state index in [0.29, 0.717) is 47.6 Å². The fourth-order valence-electron chi connectivity index (χ4n) is 5.58. The third-order valence-electron chi connectivity index (χ3n) is 8.09. The smallest absolute Gasteiger partial charge is 0.260 e. The predicted octanol–water partition coefficient (Wildman–Crippen LogP) is 4.07. The average molecular weight is 563 g/mol. The molecule has 12 heteroatoms. The van der Waals surface area contributed by atoms with E-state index in [1.54, 1.807) is 36.3 Å². The Hall–Kier alpha value is -3.61. The van der Waals surface area contributed by atoms with Crippen LogP contribution in [0, 0.1) is 12.3 Å². The van der Waals surface area contributed by atoms with Crippen LogP contribution in [0.15, 0.2) is 37.1 Å². The quantitative estimate of drug-likeness (QED) is 0.299. The van der Waals surface area contributed by atoms with Gasteiger partial charge in [0.25, 0.3) is 5.91 Å². The lowest BCUT2D eigenvalue weighted by Crippen LogP contribution is -2.34. The molecule has 0 unspecified atom stereocenters. The van der Waals surface area contributed by atoms with Crippen molar-refractivity contribution in [2.45, 2.75) is 45.6 Å². The maximum atomic E-state index is 13.3. The molecule has 1 spiro atoms. The lowest BCUT2D eigenvalue weighted by atomic mass is 9.68. The van der Waals surface area contributed by atoms with Crippen molar-refractivity contribution in [1.29, 1.82) is 0 Å². The molecule has 2 aliphatic rings. The molecule has 5 heterocycles. The number of anilines is 2. The molecule has 2 N–H and O–H groups in total. The normalized spacial score (nSPS) is 16.4. The minimum absolute atomic E-state index is 0.0486. The van der Waals surface area contributed by atoms with Gasteiger partial charge in [-0.05, 0) is 44.2 Å². The van der Waals surface area contributed by atoms with Gasteiger partial charge in [-0.25, -0.2) is 4.52 Å². The zero-order valence-corrected chi connectivity index (χ0v) is 23.7. The van der Waals surface area contributed by atoms with Crippen LogP contribution in [0.5, 0.6) is 0 Å². The fourth-order valence-corrected chi connectivity index (χ4v) is 6.61. The summed E-state index contributed by atoms with van der Waals surface area (Å²) in [5, 5.41) is 14.7. The maximum absolute atomic E-state index is 13.3. The van der Waals surface area contributed by atoms with E-state index >= 15 is 0 Å². The number of likely N-dealkylation sites (tertiary alicyclic amines) is 1. The van der Waals surface area contributed by atoms with Crippen molar-refractivity contribution in [2.24, 2.45) is 5.41 Å². The first kappa shape index (κ1) is 26.6. The van der Waals surface area contributed by atoms with E-state index in [2.05, 4.69) is 30.7 Å². The van der Waals surface area contributed by atoms with Gasteiger partial charge in [0, 0.05) is 44.6 Å². The molecular formula is C28H34N8O3S. The second-order valence-electron chi connectivity index (χ2n) is 10.9. The molecule has 1 aliphatic carbocycles. The minimum Gasteiger partial charge on any atom is -0.383 e. The highest BCUT2D eigenvalue weighted by Gasteiger charge is 2.42. The SMILES string of the molecule is COCCn1cc(-c2cn3ncc(C(=O)Nc4cc(NC(=O)CCN5CCC6(CCC6)C5)cnc4C)c3s2)cn1. The average Bonchev–Trinajstić information content (AvgIpc) is 3.70. The summed E-state index contributed by atoms with van der Waals surface area (Å²) in [6.45, 7) is 6.04. The van der Waals surface area contributed by atoms with Gasteiger partial charge in [0.15, 0.2) is 0 Å². The number of aryl methyl sites for hydroxylation is 1. The van der Waals surface area contributed by atoms with Crippen LogP contribution < -0.4 is 10.6 Å². The topological polar surface area (TPSA) is 119 Å². The number of ether oxygens (including phenoxy) is 1. The van der Waals surface area contributed by atoms with Crippen molar-refractivity contribution in [2.75, 3.05) is 44.0 Å².